The Morgan fingerprint density at radius 3 is 2.38 bits per heavy atom. The van der Waals surface area contributed by atoms with Gasteiger partial charge in [-0.15, -0.1) is 22.7 Å². The van der Waals surface area contributed by atoms with Crippen molar-refractivity contribution in [2.75, 3.05) is 0 Å². The first kappa shape index (κ1) is 17.8. The van der Waals surface area contributed by atoms with E-state index >= 15 is 0 Å². The van der Waals surface area contributed by atoms with E-state index in [0.717, 1.165) is 16.7 Å². The second kappa shape index (κ2) is 7.94. The third kappa shape index (κ3) is 3.72. The van der Waals surface area contributed by atoms with Gasteiger partial charge in [0.1, 0.15) is 10.9 Å². The van der Waals surface area contributed by atoms with E-state index in [4.69, 9.17) is 5.26 Å². The topological polar surface area (TPSA) is 23.8 Å². The summed E-state index contributed by atoms with van der Waals surface area (Å²) in [5.74, 6) is 1.73. The number of nitrogens with zero attached hydrogens (tertiary/aromatic N) is 1. The Labute approximate surface area is 164 Å². The summed E-state index contributed by atoms with van der Waals surface area (Å²) in [6.45, 7) is 2.30. The molecule has 2 heterocycles. The molecule has 0 saturated heterocycles. The van der Waals surface area contributed by atoms with Crippen LogP contribution in [-0.2, 0) is 0 Å². The molecule has 1 nitrogen and oxygen atoms in total. The molecule has 26 heavy (non-hydrogen) atoms. The Morgan fingerprint density at radius 1 is 1.00 bits per heavy atom. The van der Waals surface area contributed by atoms with Crippen molar-refractivity contribution in [3.8, 4) is 16.5 Å². The van der Waals surface area contributed by atoms with Crippen molar-refractivity contribution in [2.45, 2.75) is 57.8 Å². The molecule has 1 fully saturated rings. The Hall–Kier alpha value is -1.63. The molecule has 0 spiro atoms. The zero-order valence-corrected chi connectivity index (χ0v) is 17.0. The highest BCUT2D eigenvalue weighted by Gasteiger charge is 2.22. The molecule has 0 unspecified atom stereocenters. The SMILES string of the molecule is CCCCC1CCC(c2ccc(-c3cc4sc(C#N)cc4s3)cc2)CC1. The fourth-order valence-electron chi connectivity index (χ4n) is 4.23. The molecular weight excluding hydrogens is 354 g/mol. The zero-order valence-electron chi connectivity index (χ0n) is 15.3. The van der Waals surface area contributed by atoms with Crippen molar-refractivity contribution in [2.24, 2.45) is 5.92 Å². The molecule has 3 heteroatoms. The van der Waals surface area contributed by atoms with E-state index in [9.17, 15) is 0 Å². The fourth-order valence-corrected chi connectivity index (χ4v) is 6.43. The Kier molecular flexibility index (Phi) is 5.43. The molecule has 0 amide bonds. The number of fused-ring (bicyclic) bond motifs is 1. The Balaban J connectivity index is 1.43. The van der Waals surface area contributed by atoms with Gasteiger partial charge in [-0.2, -0.15) is 5.26 Å². The molecule has 0 aliphatic heterocycles. The van der Waals surface area contributed by atoms with Gasteiger partial charge >= 0.3 is 0 Å². The van der Waals surface area contributed by atoms with E-state index in [0.29, 0.717) is 0 Å². The van der Waals surface area contributed by atoms with Crippen LogP contribution in [0.1, 0.15) is 68.2 Å². The zero-order chi connectivity index (χ0) is 17.9. The molecule has 0 N–H and O–H groups in total. The third-order valence-electron chi connectivity index (χ3n) is 5.80. The highest BCUT2D eigenvalue weighted by molar-refractivity contribution is 7.29. The van der Waals surface area contributed by atoms with E-state index < -0.39 is 0 Å². The van der Waals surface area contributed by atoms with Crippen LogP contribution >= 0.6 is 22.7 Å². The molecular formula is C23H25NS2. The normalized spacial score (nSPS) is 20.3. The highest BCUT2D eigenvalue weighted by Crippen LogP contribution is 2.40. The van der Waals surface area contributed by atoms with Gasteiger partial charge in [-0.05, 0) is 60.8 Å². The Bertz CT molecular complexity index is 870. The van der Waals surface area contributed by atoms with Crippen molar-refractivity contribution in [1.82, 2.24) is 0 Å². The van der Waals surface area contributed by atoms with Crippen LogP contribution in [0.25, 0.3) is 19.8 Å². The summed E-state index contributed by atoms with van der Waals surface area (Å²) < 4.78 is 2.46. The summed E-state index contributed by atoms with van der Waals surface area (Å²) in [5, 5.41) is 9.02. The standard InChI is InChI=1S/C23H25NS2/c1-2-3-4-16-5-7-17(8-6-16)18-9-11-19(12-10-18)21-14-23-22(26-21)13-20(15-24)25-23/h9-14,16-17H,2-8H2,1H3. The van der Waals surface area contributed by atoms with Crippen LogP contribution < -0.4 is 0 Å². The first-order chi connectivity index (χ1) is 12.8. The molecule has 3 aromatic rings. The summed E-state index contributed by atoms with van der Waals surface area (Å²) in [7, 11) is 0. The molecule has 0 radical (unpaired) electrons. The number of unbranched alkanes of at least 4 members (excludes halogenated alkanes) is 1. The predicted octanol–water partition coefficient (Wildman–Crippen LogP) is 7.97. The number of hydrogen-bond acceptors (Lipinski definition) is 3. The molecule has 1 aromatic carbocycles. The molecule has 134 valence electrons. The van der Waals surface area contributed by atoms with Crippen molar-refractivity contribution in [3.63, 3.8) is 0 Å². The van der Waals surface area contributed by atoms with E-state index in [2.05, 4.69) is 43.3 Å². The van der Waals surface area contributed by atoms with Crippen LogP contribution in [0.5, 0.6) is 0 Å². The van der Waals surface area contributed by atoms with E-state index in [1.54, 1.807) is 22.7 Å². The summed E-state index contributed by atoms with van der Waals surface area (Å²) >= 11 is 3.39. The van der Waals surface area contributed by atoms with Crippen LogP contribution in [-0.4, -0.2) is 0 Å². The first-order valence-corrected chi connectivity index (χ1v) is 11.4. The van der Waals surface area contributed by atoms with Gasteiger partial charge in [-0.1, -0.05) is 50.5 Å². The Morgan fingerprint density at radius 2 is 1.73 bits per heavy atom. The molecule has 1 aliphatic rings. The van der Waals surface area contributed by atoms with Gasteiger partial charge in [-0.25, -0.2) is 0 Å². The maximum atomic E-state index is 9.02. The molecule has 2 aromatic heterocycles. The van der Waals surface area contributed by atoms with E-state index in [1.807, 2.05) is 6.07 Å². The first-order valence-electron chi connectivity index (χ1n) is 9.80. The smallest absolute Gasteiger partial charge is 0.110 e. The largest absolute Gasteiger partial charge is 0.192 e. The van der Waals surface area contributed by atoms with Crippen LogP contribution in [0, 0.1) is 17.2 Å². The van der Waals surface area contributed by atoms with Crippen molar-refractivity contribution in [3.05, 3.63) is 46.8 Å². The minimum absolute atomic E-state index is 0.756. The highest BCUT2D eigenvalue weighted by atomic mass is 32.1. The van der Waals surface area contributed by atoms with Crippen LogP contribution in [0.4, 0.5) is 0 Å². The van der Waals surface area contributed by atoms with E-state index in [1.165, 1.54) is 70.3 Å². The predicted molar refractivity (Wildman–Crippen MR) is 114 cm³/mol. The average Bonchev–Trinajstić information content (AvgIpc) is 3.26. The number of benzene rings is 1. The van der Waals surface area contributed by atoms with Gasteiger partial charge in [0.2, 0.25) is 0 Å². The summed E-state index contributed by atoms with van der Waals surface area (Å²) in [6.07, 6.45) is 9.71. The second-order valence-electron chi connectivity index (χ2n) is 7.54. The lowest BCUT2D eigenvalue weighted by Crippen LogP contribution is -2.13. The van der Waals surface area contributed by atoms with Gasteiger partial charge in [0.15, 0.2) is 0 Å². The minimum Gasteiger partial charge on any atom is -0.192 e. The second-order valence-corrected chi connectivity index (χ2v) is 9.71. The fraction of sp³-hybridized carbons (Fsp3) is 0.435. The molecule has 0 atom stereocenters. The molecule has 1 aliphatic carbocycles. The summed E-state index contributed by atoms with van der Waals surface area (Å²) in [6, 6.07) is 15.8. The lowest BCUT2D eigenvalue weighted by atomic mass is 9.77. The van der Waals surface area contributed by atoms with Gasteiger partial charge in [-0.3, -0.25) is 0 Å². The quantitative estimate of drug-likeness (QED) is 0.441. The van der Waals surface area contributed by atoms with Crippen LogP contribution in [0.15, 0.2) is 36.4 Å². The summed E-state index contributed by atoms with van der Waals surface area (Å²) in [4.78, 5) is 2.12. The van der Waals surface area contributed by atoms with Gasteiger partial charge in [0.25, 0.3) is 0 Å². The molecule has 1 saturated carbocycles. The average molecular weight is 380 g/mol. The monoisotopic (exact) mass is 379 g/mol. The maximum absolute atomic E-state index is 9.02. The lowest BCUT2D eigenvalue weighted by molar-refractivity contribution is 0.304. The van der Waals surface area contributed by atoms with Crippen molar-refractivity contribution in [1.29, 1.82) is 5.26 Å². The van der Waals surface area contributed by atoms with Gasteiger partial charge in [0.05, 0.1) is 0 Å². The lowest BCUT2D eigenvalue weighted by Gasteiger charge is -2.28. The number of thiophene rings is 2. The summed E-state index contributed by atoms with van der Waals surface area (Å²) in [5.41, 5.74) is 2.82. The van der Waals surface area contributed by atoms with E-state index in [-0.39, 0.29) is 0 Å². The molecule has 0 bridgehead atoms. The number of rotatable bonds is 5. The number of nitriles is 1. The van der Waals surface area contributed by atoms with Crippen molar-refractivity contribution >= 4 is 32.1 Å². The number of hydrogen-bond donors (Lipinski definition) is 0. The van der Waals surface area contributed by atoms with Gasteiger partial charge in [0, 0.05) is 14.3 Å². The van der Waals surface area contributed by atoms with Crippen LogP contribution in [0.3, 0.4) is 0 Å². The minimum atomic E-state index is 0.756. The van der Waals surface area contributed by atoms with Crippen LogP contribution in [0.2, 0.25) is 0 Å². The molecule has 4 rings (SSSR count). The van der Waals surface area contributed by atoms with Crippen molar-refractivity contribution < 1.29 is 0 Å². The van der Waals surface area contributed by atoms with Gasteiger partial charge < -0.3 is 0 Å². The third-order valence-corrected chi connectivity index (χ3v) is 8.04. The maximum Gasteiger partial charge on any atom is 0.110 e.